The first-order valence-corrected chi connectivity index (χ1v) is 16.1. The first-order chi connectivity index (χ1) is 26.9. The third kappa shape index (κ3) is 11.9. The molecular formula is C27H31N17O12. The van der Waals surface area contributed by atoms with E-state index in [0.717, 1.165) is 38.1 Å². The van der Waals surface area contributed by atoms with Crippen LogP contribution >= 0.6 is 0 Å². The van der Waals surface area contributed by atoms with Gasteiger partial charge in [0, 0.05) is 63.6 Å². The Morgan fingerprint density at radius 1 is 0.804 bits per heavy atom. The van der Waals surface area contributed by atoms with Gasteiger partial charge in [-0.3, -0.25) is 19.7 Å². The summed E-state index contributed by atoms with van der Waals surface area (Å²) < 4.78 is 34.2. The van der Waals surface area contributed by atoms with Gasteiger partial charge in [-0.25, -0.2) is 9.59 Å². The van der Waals surface area contributed by atoms with Crippen LogP contribution in [0.25, 0.3) is 52.2 Å². The molecule has 296 valence electrons. The third-order valence-electron chi connectivity index (χ3n) is 7.88. The number of non-ortho nitro benzene ring substituents is 1. The van der Waals surface area contributed by atoms with Crippen LogP contribution in [0.4, 0.5) is 10.5 Å². The number of hydrogen-bond donors (Lipinski definition) is 1. The van der Waals surface area contributed by atoms with Crippen LogP contribution in [0.2, 0.25) is 0 Å². The highest BCUT2D eigenvalue weighted by atomic mass is 16.7. The molecule has 29 nitrogen and oxygen atoms in total. The number of nitrogens with one attached hydrogen (secondary N) is 1. The number of esters is 3. The maximum atomic E-state index is 13.4. The summed E-state index contributed by atoms with van der Waals surface area (Å²) in [7, 11) is 0. The first kappa shape index (κ1) is 43.2. The van der Waals surface area contributed by atoms with Gasteiger partial charge in [0.15, 0.2) is 30.7 Å². The molecule has 1 aliphatic carbocycles. The topological polar surface area (TPSA) is 423 Å². The second-order valence-electron chi connectivity index (χ2n) is 11.5. The van der Waals surface area contributed by atoms with E-state index in [2.05, 4.69) is 55.4 Å². The van der Waals surface area contributed by atoms with Crippen molar-refractivity contribution in [2.24, 2.45) is 25.6 Å². The lowest BCUT2D eigenvalue weighted by Gasteiger charge is -2.47. The number of carbonyl (C=O) groups excluding carboxylic acids is 4. The van der Waals surface area contributed by atoms with Crippen molar-refractivity contribution in [2.45, 2.75) is 87.7 Å². The van der Waals surface area contributed by atoms with E-state index in [-0.39, 0.29) is 30.8 Å². The molecule has 2 fully saturated rings. The Labute approximate surface area is 312 Å². The van der Waals surface area contributed by atoms with E-state index in [1.54, 1.807) is 0 Å². The summed E-state index contributed by atoms with van der Waals surface area (Å²) in [6.45, 7) is 1.28. The predicted octanol–water partition coefficient (Wildman–Crippen LogP) is 4.64. The van der Waals surface area contributed by atoms with Gasteiger partial charge in [-0.15, -0.1) is 0 Å². The van der Waals surface area contributed by atoms with E-state index in [1.807, 2.05) is 0 Å². The van der Waals surface area contributed by atoms with E-state index in [0.29, 0.717) is 0 Å². The van der Waals surface area contributed by atoms with Crippen molar-refractivity contribution < 1.29 is 52.5 Å². The Morgan fingerprint density at radius 3 is 1.98 bits per heavy atom. The SMILES string of the molecule is CC(=O)O[C@@H]1[C@@H](N=[N+]=[N-])[C@@H](O[C@H]2[C@H](OC(=O)NCCCN=[N+]=[N-])[C@@H](OC(=O)c3ccc([N+](=O)[O-])cc3)[C@H](N=[N+]=[N-])C[C@@H]2N=[N+]=[N-])O[C@H](CN=[N+]=[N-])[C@H]1OC(C)=O. The number of ether oxygens (including phenoxy) is 6. The summed E-state index contributed by atoms with van der Waals surface area (Å²) >= 11 is 0. The number of hydrogen-bond acceptors (Lipinski definition) is 17. The van der Waals surface area contributed by atoms with E-state index in [9.17, 15) is 45.9 Å². The molecule has 0 aromatic heterocycles. The van der Waals surface area contributed by atoms with Crippen LogP contribution in [0.5, 0.6) is 0 Å². The Morgan fingerprint density at radius 2 is 1.41 bits per heavy atom. The van der Waals surface area contributed by atoms with Crippen molar-refractivity contribution in [2.75, 3.05) is 19.6 Å². The molecule has 56 heavy (non-hydrogen) atoms. The summed E-state index contributed by atoms with van der Waals surface area (Å²) in [5, 5.41) is 31.3. The van der Waals surface area contributed by atoms with Crippen molar-refractivity contribution in [1.29, 1.82) is 0 Å². The number of amides is 1. The number of azide groups is 5. The monoisotopic (exact) mass is 785 g/mol. The van der Waals surface area contributed by atoms with Gasteiger partial charge < -0.3 is 33.7 Å². The molecule has 0 spiro atoms. The van der Waals surface area contributed by atoms with Crippen molar-refractivity contribution in [3.63, 3.8) is 0 Å². The highest BCUT2D eigenvalue weighted by Gasteiger charge is 2.55. The average molecular weight is 786 g/mol. The van der Waals surface area contributed by atoms with Gasteiger partial charge in [-0.05, 0) is 52.6 Å². The zero-order valence-corrected chi connectivity index (χ0v) is 29.2. The molecule has 1 saturated heterocycles. The summed E-state index contributed by atoms with van der Waals surface area (Å²) in [6.07, 6.45) is -13.5. The van der Waals surface area contributed by atoms with Crippen LogP contribution in [0.1, 0.15) is 37.0 Å². The summed E-state index contributed by atoms with van der Waals surface area (Å²) in [5.41, 5.74) is 45.5. The standard InChI is InChI=1S/C27H31N17O12/c1-12(45)51-22-18(11-35-40-29)53-26(19(38-43-32)23(22)52-13(2)46)55-21-17(37-42-31)10-16(36-41-30)20(24(21)56-27(48)33-8-3-9-34-39-28)54-25(47)14-4-6-15(7-5-14)44(49)50/h4-7,16-24,26H,3,8-11H2,1-2H3,(H,33,48)/t16-,17+,18-,19-,20+,21-,22-,23-,24-,26-/m1/s1. The number of rotatable bonds is 17. The molecule has 0 bridgehead atoms. The normalized spacial score (nSPS) is 26.3. The van der Waals surface area contributed by atoms with Crippen LogP contribution in [-0.2, 0) is 38.0 Å². The zero-order chi connectivity index (χ0) is 41.2. The lowest BCUT2D eigenvalue weighted by molar-refractivity contribution is -0.384. The fraction of sp³-hybridized carbons (Fsp3) is 0.630. The molecule has 1 aliphatic heterocycles. The predicted molar refractivity (Wildman–Crippen MR) is 181 cm³/mol. The fourth-order valence-corrected chi connectivity index (χ4v) is 5.67. The number of alkyl carbamates (subject to hydrolysis) is 1. The zero-order valence-electron chi connectivity index (χ0n) is 29.2. The summed E-state index contributed by atoms with van der Waals surface area (Å²) in [6, 6.07) is -0.489. The number of nitro benzene ring substituents is 1. The van der Waals surface area contributed by atoms with Gasteiger partial charge in [-0.1, -0.05) is 25.6 Å². The van der Waals surface area contributed by atoms with E-state index in [4.69, 9.17) is 39.5 Å². The first-order valence-electron chi connectivity index (χ1n) is 16.1. The van der Waals surface area contributed by atoms with E-state index < -0.39 is 103 Å². The summed E-state index contributed by atoms with van der Waals surface area (Å²) in [5.74, 6) is -3.01. The highest BCUT2D eigenvalue weighted by Crippen LogP contribution is 2.37. The molecule has 1 aromatic rings. The molecule has 0 radical (unpaired) electrons. The van der Waals surface area contributed by atoms with Crippen LogP contribution in [0.3, 0.4) is 0 Å². The van der Waals surface area contributed by atoms with Gasteiger partial charge in [0.05, 0.1) is 29.1 Å². The van der Waals surface area contributed by atoms with Crippen LogP contribution in [0.15, 0.2) is 49.8 Å². The lowest BCUT2D eigenvalue weighted by Crippen LogP contribution is -2.64. The minimum Gasteiger partial charge on any atom is -0.458 e. The van der Waals surface area contributed by atoms with Crippen molar-refractivity contribution in [3.8, 4) is 0 Å². The van der Waals surface area contributed by atoms with Gasteiger partial charge in [0.2, 0.25) is 0 Å². The minimum atomic E-state index is -1.89. The maximum absolute atomic E-state index is 13.4. The third-order valence-corrected chi connectivity index (χ3v) is 7.88. The average Bonchev–Trinajstić information content (AvgIpc) is 3.15. The molecule has 29 heteroatoms. The Hall–Kier alpha value is -7.23. The van der Waals surface area contributed by atoms with Crippen LogP contribution in [0, 0.1) is 10.1 Å². The van der Waals surface area contributed by atoms with Crippen molar-refractivity contribution >= 4 is 29.7 Å². The van der Waals surface area contributed by atoms with Gasteiger partial charge in [0.25, 0.3) is 5.69 Å². The second kappa shape index (κ2) is 21.5. The van der Waals surface area contributed by atoms with Crippen molar-refractivity contribution in [1.82, 2.24) is 5.32 Å². The molecule has 1 saturated carbocycles. The van der Waals surface area contributed by atoms with Gasteiger partial charge in [-0.2, -0.15) is 0 Å². The second-order valence-corrected chi connectivity index (χ2v) is 11.5. The number of benzene rings is 1. The van der Waals surface area contributed by atoms with Gasteiger partial charge in [0.1, 0.15) is 18.2 Å². The summed E-state index contributed by atoms with van der Waals surface area (Å²) in [4.78, 5) is 75.0. The molecule has 2 aliphatic rings. The number of nitro groups is 1. The molecule has 1 amide bonds. The quantitative estimate of drug-likeness (QED) is 0.0330. The van der Waals surface area contributed by atoms with Crippen LogP contribution < -0.4 is 5.32 Å². The molecule has 3 rings (SSSR count). The van der Waals surface area contributed by atoms with Crippen molar-refractivity contribution in [3.05, 3.63) is 92.2 Å². The molecule has 10 atom stereocenters. The lowest BCUT2D eigenvalue weighted by atomic mass is 9.83. The Kier molecular flexibility index (Phi) is 16.6. The van der Waals surface area contributed by atoms with E-state index >= 15 is 0 Å². The largest absolute Gasteiger partial charge is 0.458 e. The molecule has 0 unspecified atom stereocenters. The van der Waals surface area contributed by atoms with E-state index in [1.165, 1.54) is 0 Å². The highest BCUT2D eigenvalue weighted by molar-refractivity contribution is 5.89. The molecular weight excluding hydrogens is 754 g/mol. The molecule has 1 aromatic carbocycles. The minimum absolute atomic E-state index is 0.0198. The molecule has 1 N–H and O–H groups in total. The van der Waals surface area contributed by atoms with Gasteiger partial charge >= 0.3 is 24.0 Å². The Balaban J connectivity index is 2.18. The Bertz CT molecular complexity index is 1870. The number of carbonyl (C=O) groups is 4. The van der Waals surface area contributed by atoms with Crippen LogP contribution in [-0.4, -0.2) is 110 Å². The maximum Gasteiger partial charge on any atom is 0.407 e. The number of nitrogens with zero attached hydrogens (tertiary/aromatic N) is 16. The smallest absolute Gasteiger partial charge is 0.407 e. The fourth-order valence-electron chi connectivity index (χ4n) is 5.67. The molecule has 1 heterocycles.